The van der Waals surface area contributed by atoms with E-state index in [0.29, 0.717) is 17.9 Å². The van der Waals surface area contributed by atoms with Crippen LogP contribution in [0.5, 0.6) is 5.75 Å². The standard InChI is InChI=1S/C20H23N5O3/c1-14-21-9-10-25(14)19-11-15(7-8-22-19)12-23-20(27)24-13-18(26)16-3-5-17(28-2)6-4-16/h3-11,18,26H,12-13H2,1-2H3,(H2,23,24,27). The number of urea groups is 1. The summed E-state index contributed by atoms with van der Waals surface area (Å²) in [6.45, 7) is 2.34. The number of hydrogen-bond acceptors (Lipinski definition) is 5. The van der Waals surface area contributed by atoms with Gasteiger partial charge in [-0.1, -0.05) is 12.1 Å². The molecule has 1 unspecified atom stereocenters. The SMILES string of the molecule is COc1ccc(C(O)CNC(=O)NCc2ccnc(-n3ccnc3C)c2)cc1. The maximum absolute atomic E-state index is 12.0. The molecule has 8 heteroatoms. The number of nitrogens with zero attached hydrogens (tertiary/aromatic N) is 3. The summed E-state index contributed by atoms with van der Waals surface area (Å²) in [6.07, 6.45) is 4.44. The minimum atomic E-state index is -0.798. The van der Waals surface area contributed by atoms with Crippen LogP contribution in [0.1, 0.15) is 23.1 Å². The van der Waals surface area contributed by atoms with Crippen LogP contribution in [0.4, 0.5) is 4.79 Å². The lowest BCUT2D eigenvalue weighted by Gasteiger charge is -2.14. The van der Waals surface area contributed by atoms with E-state index in [0.717, 1.165) is 17.2 Å². The second kappa shape index (κ2) is 9.01. The smallest absolute Gasteiger partial charge is 0.315 e. The molecule has 3 rings (SSSR count). The van der Waals surface area contributed by atoms with Crippen molar-refractivity contribution in [2.45, 2.75) is 19.6 Å². The van der Waals surface area contributed by atoms with Crippen LogP contribution >= 0.6 is 0 Å². The third kappa shape index (κ3) is 4.86. The highest BCUT2D eigenvalue weighted by Crippen LogP contribution is 2.17. The third-order valence-corrected chi connectivity index (χ3v) is 4.29. The number of benzene rings is 1. The molecule has 0 saturated carbocycles. The minimum Gasteiger partial charge on any atom is -0.497 e. The van der Waals surface area contributed by atoms with Gasteiger partial charge in [0, 0.05) is 31.7 Å². The molecule has 2 aromatic heterocycles. The van der Waals surface area contributed by atoms with Crippen molar-refractivity contribution < 1.29 is 14.6 Å². The Bertz CT molecular complexity index is 924. The van der Waals surface area contributed by atoms with Crippen molar-refractivity contribution in [2.75, 3.05) is 13.7 Å². The molecule has 0 saturated heterocycles. The first kappa shape index (κ1) is 19.4. The van der Waals surface area contributed by atoms with Crippen molar-refractivity contribution >= 4 is 6.03 Å². The first-order valence-electron chi connectivity index (χ1n) is 8.86. The molecule has 2 amide bonds. The average molecular weight is 381 g/mol. The Balaban J connectivity index is 1.49. The van der Waals surface area contributed by atoms with E-state index in [4.69, 9.17) is 4.74 Å². The van der Waals surface area contributed by atoms with Crippen LogP contribution in [0, 0.1) is 6.92 Å². The lowest BCUT2D eigenvalue weighted by atomic mass is 10.1. The Labute approximate surface area is 163 Å². The van der Waals surface area contributed by atoms with Gasteiger partial charge in [-0.3, -0.25) is 4.57 Å². The Morgan fingerprint density at radius 3 is 2.64 bits per heavy atom. The number of imidazole rings is 1. The molecular weight excluding hydrogens is 358 g/mol. The number of aliphatic hydroxyl groups is 1. The summed E-state index contributed by atoms with van der Waals surface area (Å²) in [5, 5.41) is 15.6. The number of hydrogen-bond donors (Lipinski definition) is 3. The summed E-state index contributed by atoms with van der Waals surface area (Å²) in [6, 6.07) is 10.4. The van der Waals surface area contributed by atoms with E-state index >= 15 is 0 Å². The molecule has 0 aliphatic carbocycles. The van der Waals surface area contributed by atoms with Gasteiger partial charge in [0.05, 0.1) is 13.2 Å². The fourth-order valence-corrected chi connectivity index (χ4v) is 2.70. The fourth-order valence-electron chi connectivity index (χ4n) is 2.70. The summed E-state index contributed by atoms with van der Waals surface area (Å²) in [5.74, 6) is 2.29. The van der Waals surface area contributed by atoms with Gasteiger partial charge in [-0.25, -0.2) is 14.8 Å². The van der Waals surface area contributed by atoms with Crippen LogP contribution in [0.2, 0.25) is 0 Å². The zero-order chi connectivity index (χ0) is 19.9. The maximum atomic E-state index is 12.0. The monoisotopic (exact) mass is 381 g/mol. The summed E-state index contributed by atoms with van der Waals surface area (Å²) >= 11 is 0. The molecule has 0 fully saturated rings. The van der Waals surface area contributed by atoms with Crippen molar-refractivity contribution in [2.24, 2.45) is 0 Å². The van der Waals surface area contributed by atoms with E-state index in [2.05, 4.69) is 20.6 Å². The number of aryl methyl sites for hydroxylation is 1. The molecule has 0 radical (unpaired) electrons. The Hall–Kier alpha value is -3.39. The minimum absolute atomic E-state index is 0.105. The van der Waals surface area contributed by atoms with Gasteiger partial charge in [0.25, 0.3) is 0 Å². The molecule has 3 aromatic rings. The Kier molecular flexibility index (Phi) is 6.23. The number of aliphatic hydroxyl groups excluding tert-OH is 1. The molecule has 0 spiro atoms. The van der Waals surface area contributed by atoms with E-state index < -0.39 is 6.10 Å². The summed E-state index contributed by atoms with van der Waals surface area (Å²) in [4.78, 5) is 20.5. The third-order valence-electron chi connectivity index (χ3n) is 4.29. The second-order valence-corrected chi connectivity index (χ2v) is 6.22. The van der Waals surface area contributed by atoms with Crippen LogP contribution in [0.15, 0.2) is 55.0 Å². The number of pyridine rings is 1. The van der Waals surface area contributed by atoms with E-state index in [-0.39, 0.29) is 12.6 Å². The number of ether oxygens (including phenoxy) is 1. The number of carbonyl (C=O) groups excluding carboxylic acids is 1. The summed E-state index contributed by atoms with van der Waals surface area (Å²) in [5.41, 5.74) is 1.61. The first-order valence-corrected chi connectivity index (χ1v) is 8.86. The Morgan fingerprint density at radius 1 is 1.18 bits per heavy atom. The number of amides is 2. The molecule has 1 aromatic carbocycles. The molecule has 0 aliphatic heterocycles. The topological polar surface area (TPSA) is 101 Å². The van der Waals surface area contributed by atoms with Gasteiger partial charge in [-0.15, -0.1) is 0 Å². The lowest BCUT2D eigenvalue weighted by molar-refractivity contribution is 0.173. The number of nitrogens with one attached hydrogen (secondary N) is 2. The van der Waals surface area contributed by atoms with Gasteiger partial charge in [-0.05, 0) is 42.3 Å². The molecule has 0 aliphatic rings. The molecule has 0 bridgehead atoms. The summed E-state index contributed by atoms with van der Waals surface area (Å²) < 4.78 is 6.96. The van der Waals surface area contributed by atoms with Gasteiger partial charge in [0.15, 0.2) is 0 Å². The van der Waals surface area contributed by atoms with Gasteiger partial charge >= 0.3 is 6.03 Å². The van der Waals surface area contributed by atoms with Crippen molar-refractivity contribution in [3.8, 4) is 11.6 Å². The van der Waals surface area contributed by atoms with Gasteiger partial charge in [-0.2, -0.15) is 0 Å². The molecule has 3 N–H and O–H groups in total. The molecule has 1 atom stereocenters. The molecule has 8 nitrogen and oxygen atoms in total. The zero-order valence-corrected chi connectivity index (χ0v) is 15.8. The van der Waals surface area contributed by atoms with Gasteiger partial charge in [0.1, 0.15) is 17.4 Å². The zero-order valence-electron chi connectivity index (χ0n) is 15.8. The Morgan fingerprint density at radius 2 is 1.96 bits per heavy atom. The second-order valence-electron chi connectivity index (χ2n) is 6.22. The molecular formula is C20H23N5O3. The maximum Gasteiger partial charge on any atom is 0.315 e. The highest BCUT2D eigenvalue weighted by molar-refractivity contribution is 5.73. The number of carbonyl (C=O) groups is 1. The van der Waals surface area contributed by atoms with Crippen LogP contribution < -0.4 is 15.4 Å². The number of aromatic nitrogens is 3. The first-order chi connectivity index (χ1) is 13.6. The molecule has 28 heavy (non-hydrogen) atoms. The largest absolute Gasteiger partial charge is 0.497 e. The predicted octanol–water partition coefficient (Wildman–Crippen LogP) is 2.12. The fraction of sp³-hybridized carbons (Fsp3) is 0.250. The van der Waals surface area contributed by atoms with Gasteiger partial charge in [0.2, 0.25) is 0 Å². The highest BCUT2D eigenvalue weighted by Gasteiger charge is 2.10. The quantitative estimate of drug-likeness (QED) is 0.582. The normalized spacial score (nSPS) is 11.7. The highest BCUT2D eigenvalue weighted by atomic mass is 16.5. The number of rotatable bonds is 7. The van der Waals surface area contributed by atoms with Crippen LogP contribution in [0.3, 0.4) is 0 Å². The van der Waals surface area contributed by atoms with Crippen LogP contribution in [-0.2, 0) is 6.54 Å². The van der Waals surface area contributed by atoms with E-state index in [1.807, 2.05) is 29.8 Å². The van der Waals surface area contributed by atoms with E-state index in [1.165, 1.54) is 0 Å². The van der Waals surface area contributed by atoms with Crippen molar-refractivity contribution in [3.05, 3.63) is 71.9 Å². The van der Waals surface area contributed by atoms with Crippen molar-refractivity contribution in [1.29, 1.82) is 0 Å². The van der Waals surface area contributed by atoms with Gasteiger partial charge < -0.3 is 20.5 Å². The summed E-state index contributed by atoms with van der Waals surface area (Å²) in [7, 11) is 1.58. The van der Waals surface area contributed by atoms with Crippen molar-refractivity contribution in [1.82, 2.24) is 25.2 Å². The van der Waals surface area contributed by atoms with Crippen molar-refractivity contribution in [3.63, 3.8) is 0 Å². The lowest BCUT2D eigenvalue weighted by Crippen LogP contribution is -2.37. The van der Waals surface area contributed by atoms with Crippen LogP contribution in [0.25, 0.3) is 5.82 Å². The van der Waals surface area contributed by atoms with E-state index in [1.54, 1.807) is 43.8 Å². The van der Waals surface area contributed by atoms with E-state index in [9.17, 15) is 9.90 Å². The number of methoxy groups -OCH3 is 1. The molecule has 2 heterocycles. The predicted molar refractivity (Wildman–Crippen MR) is 104 cm³/mol. The van der Waals surface area contributed by atoms with Crippen LogP contribution in [-0.4, -0.2) is 39.3 Å². The average Bonchev–Trinajstić information content (AvgIpc) is 3.16. The molecule has 146 valence electrons.